The number of carbonyl (C=O) groups excluding carboxylic acids is 1. The summed E-state index contributed by atoms with van der Waals surface area (Å²) in [6, 6.07) is 8.34. The molecule has 3 rings (SSSR count). The molecular weight excluding hydrogens is 288 g/mol. The van der Waals surface area contributed by atoms with Crippen LogP contribution in [0.1, 0.15) is 28.8 Å². The van der Waals surface area contributed by atoms with Gasteiger partial charge < -0.3 is 15.5 Å². The second kappa shape index (κ2) is 7.90. The van der Waals surface area contributed by atoms with Crippen molar-refractivity contribution in [2.75, 3.05) is 46.3 Å². The number of nitrogens with zero attached hydrogens (tertiary/aromatic N) is 2. The Morgan fingerprint density at radius 1 is 1.30 bits per heavy atom. The molecule has 2 heterocycles. The Labute approximate surface area is 139 Å². The highest BCUT2D eigenvalue weighted by Crippen LogP contribution is 2.11. The van der Waals surface area contributed by atoms with Crippen LogP contribution in [-0.2, 0) is 6.54 Å². The van der Waals surface area contributed by atoms with Crippen LogP contribution in [0.25, 0.3) is 0 Å². The molecule has 126 valence electrons. The van der Waals surface area contributed by atoms with Crippen molar-refractivity contribution >= 4 is 5.91 Å². The van der Waals surface area contributed by atoms with Gasteiger partial charge in [-0.3, -0.25) is 9.69 Å². The molecule has 2 aliphatic heterocycles. The summed E-state index contributed by atoms with van der Waals surface area (Å²) in [4.78, 5) is 17.3. The van der Waals surface area contributed by atoms with Gasteiger partial charge in [0.2, 0.25) is 0 Å². The number of hydrogen-bond donors (Lipinski definition) is 2. The highest BCUT2D eigenvalue weighted by atomic mass is 16.1. The minimum atomic E-state index is 0.0546. The van der Waals surface area contributed by atoms with E-state index in [0.717, 1.165) is 64.2 Å². The fourth-order valence-electron chi connectivity index (χ4n) is 3.32. The minimum absolute atomic E-state index is 0.0546. The van der Waals surface area contributed by atoms with E-state index in [9.17, 15) is 4.79 Å². The van der Waals surface area contributed by atoms with Gasteiger partial charge in [-0.2, -0.15) is 0 Å². The van der Waals surface area contributed by atoms with Crippen LogP contribution in [0.2, 0.25) is 0 Å². The molecular formula is C18H28N4O. The van der Waals surface area contributed by atoms with Gasteiger partial charge in [0.05, 0.1) is 0 Å². The van der Waals surface area contributed by atoms with Gasteiger partial charge in [0.25, 0.3) is 5.91 Å². The zero-order valence-electron chi connectivity index (χ0n) is 14.1. The maximum absolute atomic E-state index is 12.4. The molecule has 0 radical (unpaired) electrons. The first kappa shape index (κ1) is 16.4. The number of likely N-dealkylation sites (N-methyl/N-ethyl adjacent to an activating group) is 1. The molecule has 1 unspecified atom stereocenters. The summed E-state index contributed by atoms with van der Waals surface area (Å²) < 4.78 is 0. The third-order valence-corrected chi connectivity index (χ3v) is 4.82. The second-order valence-electron chi connectivity index (χ2n) is 6.80. The number of piperazine rings is 1. The lowest BCUT2D eigenvalue weighted by Gasteiger charge is -2.32. The lowest BCUT2D eigenvalue weighted by Crippen LogP contribution is -2.45. The van der Waals surface area contributed by atoms with E-state index in [2.05, 4.69) is 33.5 Å². The number of piperidine rings is 1. The highest BCUT2D eigenvalue weighted by Gasteiger charge is 2.17. The molecule has 1 amide bonds. The van der Waals surface area contributed by atoms with Crippen LogP contribution in [0.5, 0.6) is 0 Å². The fraction of sp³-hybridized carbons (Fsp3) is 0.611. The number of hydrogen-bond acceptors (Lipinski definition) is 4. The molecule has 0 aliphatic carbocycles. The third-order valence-electron chi connectivity index (χ3n) is 4.82. The maximum Gasteiger partial charge on any atom is 0.251 e. The Kier molecular flexibility index (Phi) is 5.65. The van der Waals surface area contributed by atoms with Crippen molar-refractivity contribution in [3.8, 4) is 0 Å². The molecule has 5 heteroatoms. The van der Waals surface area contributed by atoms with Crippen molar-refractivity contribution in [1.82, 2.24) is 20.4 Å². The summed E-state index contributed by atoms with van der Waals surface area (Å²) >= 11 is 0. The van der Waals surface area contributed by atoms with Crippen LogP contribution in [-0.4, -0.2) is 68.1 Å². The first-order valence-corrected chi connectivity index (χ1v) is 8.72. The van der Waals surface area contributed by atoms with E-state index >= 15 is 0 Å². The molecule has 2 saturated heterocycles. The number of benzene rings is 1. The van der Waals surface area contributed by atoms with Crippen molar-refractivity contribution in [3.63, 3.8) is 0 Å². The van der Waals surface area contributed by atoms with Gasteiger partial charge in [0, 0.05) is 50.9 Å². The Bertz CT molecular complexity index is 520. The van der Waals surface area contributed by atoms with Crippen LogP contribution in [0.3, 0.4) is 0 Å². The second-order valence-corrected chi connectivity index (χ2v) is 6.80. The molecule has 0 saturated carbocycles. The van der Waals surface area contributed by atoms with Gasteiger partial charge in [-0.1, -0.05) is 12.1 Å². The SMILES string of the molecule is CN1CCN(Cc2cccc(C(=O)NC3CCCNC3)c2)CC1. The maximum atomic E-state index is 12.4. The molecule has 0 aromatic heterocycles. The summed E-state index contributed by atoms with van der Waals surface area (Å²) in [5, 5.41) is 6.49. The number of amides is 1. The molecule has 0 spiro atoms. The molecule has 23 heavy (non-hydrogen) atoms. The molecule has 0 bridgehead atoms. The molecule has 2 N–H and O–H groups in total. The van der Waals surface area contributed by atoms with Crippen LogP contribution < -0.4 is 10.6 Å². The highest BCUT2D eigenvalue weighted by molar-refractivity contribution is 5.94. The summed E-state index contributed by atoms with van der Waals surface area (Å²) in [6.45, 7) is 7.31. The number of rotatable bonds is 4. The summed E-state index contributed by atoms with van der Waals surface area (Å²) in [7, 11) is 2.17. The number of carbonyl (C=O) groups is 1. The summed E-state index contributed by atoms with van der Waals surface area (Å²) in [6.07, 6.45) is 2.20. The van der Waals surface area contributed by atoms with Crippen LogP contribution in [0.4, 0.5) is 0 Å². The summed E-state index contributed by atoms with van der Waals surface area (Å²) in [5.74, 6) is 0.0546. The van der Waals surface area contributed by atoms with Crippen molar-refractivity contribution in [2.45, 2.75) is 25.4 Å². The first-order valence-electron chi connectivity index (χ1n) is 8.72. The topological polar surface area (TPSA) is 47.6 Å². The summed E-state index contributed by atoms with van der Waals surface area (Å²) in [5.41, 5.74) is 2.01. The normalized spacial score (nSPS) is 23.6. The largest absolute Gasteiger partial charge is 0.348 e. The molecule has 1 atom stereocenters. The third kappa shape index (κ3) is 4.77. The Hall–Kier alpha value is -1.43. The lowest BCUT2D eigenvalue weighted by atomic mass is 10.1. The van der Waals surface area contributed by atoms with Crippen molar-refractivity contribution in [1.29, 1.82) is 0 Å². The van der Waals surface area contributed by atoms with Crippen molar-refractivity contribution in [2.24, 2.45) is 0 Å². The average molecular weight is 316 g/mol. The van der Waals surface area contributed by atoms with E-state index in [1.807, 2.05) is 18.2 Å². The van der Waals surface area contributed by atoms with Gasteiger partial charge in [0.15, 0.2) is 0 Å². The molecule has 1 aromatic carbocycles. The standard InChI is InChI=1S/C18H28N4O/c1-21-8-10-22(11-9-21)14-15-4-2-5-16(12-15)18(23)20-17-6-3-7-19-13-17/h2,4-5,12,17,19H,3,6-11,13-14H2,1H3,(H,20,23). The van der Waals surface area contributed by atoms with Crippen LogP contribution >= 0.6 is 0 Å². The van der Waals surface area contributed by atoms with Crippen molar-refractivity contribution in [3.05, 3.63) is 35.4 Å². The van der Waals surface area contributed by atoms with E-state index in [1.165, 1.54) is 5.56 Å². The first-order chi connectivity index (χ1) is 11.2. The predicted molar refractivity (Wildman–Crippen MR) is 92.6 cm³/mol. The van der Waals surface area contributed by atoms with Crippen LogP contribution in [0, 0.1) is 0 Å². The van der Waals surface area contributed by atoms with Gasteiger partial charge >= 0.3 is 0 Å². The fourth-order valence-corrected chi connectivity index (χ4v) is 3.32. The predicted octanol–water partition coefficient (Wildman–Crippen LogP) is 0.916. The number of nitrogens with one attached hydrogen (secondary N) is 2. The monoisotopic (exact) mass is 316 g/mol. The zero-order valence-corrected chi connectivity index (χ0v) is 14.1. The van der Waals surface area contributed by atoms with Gasteiger partial charge in [0.1, 0.15) is 0 Å². The quantitative estimate of drug-likeness (QED) is 0.867. The zero-order chi connectivity index (χ0) is 16.1. The van der Waals surface area contributed by atoms with E-state index in [-0.39, 0.29) is 11.9 Å². The minimum Gasteiger partial charge on any atom is -0.348 e. The lowest BCUT2D eigenvalue weighted by molar-refractivity contribution is 0.0930. The molecule has 2 fully saturated rings. The Morgan fingerprint density at radius 2 is 2.13 bits per heavy atom. The van der Waals surface area contributed by atoms with E-state index in [4.69, 9.17) is 0 Å². The van der Waals surface area contributed by atoms with E-state index in [1.54, 1.807) is 0 Å². The van der Waals surface area contributed by atoms with E-state index < -0.39 is 0 Å². The molecule has 1 aromatic rings. The smallest absolute Gasteiger partial charge is 0.251 e. The molecule has 2 aliphatic rings. The van der Waals surface area contributed by atoms with Gasteiger partial charge in [-0.25, -0.2) is 0 Å². The van der Waals surface area contributed by atoms with E-state index in [0.29, 0.717) is 0 Å². The Morgan fingerprint density at radius 3 is 2.87 bits per heavy atom. The van der Waals surface area contributed by atoms with Crippen LogP contribution in [0.15, 0.2) is 24.3 Å². The molecule has 5 nitrogen and oxygen atoms in total. The Balaban J connectivity index is 1.56. The van der Waals surface area contributed by atoms with Crippen molar-refractivity contribution < 1.29 is 4.79 Å². The van der Waals surface area contributed by atoms with Gasteiger partial charge in [-0.15, -0.1) is 0 Å². The average Bonchev–Trinajstić information content (AvgIpc) is 2.58. The van der Waals surface area contributed by atoms with Gasteiger partial charge in [-0.05, 0) is 44.1 Å².